The molecule has 1 aliphatic heterocycles. The van der Waals surface area contributed by atoms with Gasteiger partial charge in [0.2, 0.25) is 0 Å². The van der Waals surface area contributed by atoms with Gasteiger partial charge in [-0.1, -0.05) is 10.4 Å². The molecule has 5 atom stereocenters. The average molecular weight is 494 g/mol. The van der Waals surface area contributed by atoms with E-state index in [1.165, 1.54) is 18.0 Å². The van der Waals surface area contributed by atoms with Crippen molar-refractivity contribution in [3.63, 3.8) is 0 Å². The van der Waals surface area contributed by atoms with Crippen molar-refractivity contribution >= 4 is 0 Å². The lowest BCUT2D eigenvalue weighted by atomic mass is 9.90. The average Bonchev–Trinajstić information content (AvgIpc) is 3.23. The standard InChI is InChI=1S/C22H25F3N6O4/c1-22(5-6-22)31-8-11(26-29-31)7-15-21(34-2)19(20(33)16(10-32)35-15)30-9-14(27-28-30)12-3-4-13(23)18(25)17(12)24/h3-4,8-9,15-16,19-21,32-33H,5-7,10H2,1-2H3/t15-,16-,19+,20+,21+/m1/s1. The van der Waals surface area contributed by atoms with Crippen LogP contribution < -0.4 is 0 Å². The van der Waals surface area contributed by atoms with Gasteiger partial charge in [-0.3, -0.25) is 0 Å². The number of methoxy groups -OCH3 is 1. The fourth-order valence-electron chi connectivity index (χ4n) is 4.47. The second kappa shape index (κ2) is 8.97. The normalized spacial score (nSPS) is 27.8. The van der Waals surface area contributed by atoms with Crippen LogP contribution >= 0.6 is 0 Å². The molecule has 1 aromatic carbocycles. The summed E-state index contributed by atoms with van der Waals surface area (Å²) in [5, 5.41) is 37.1. The number of aliphatic hydroxyl groups is 2. The zero-order chi connectivity index (χ0) is 24.9. The number of nitrogens with zero attached hydrogens (tertiary/aromatic N) is 6. The Kier molecular flexibility index (Phi) is 6.11. The molecule has 3 heterocycles. The zero-order valence-electron chi connectivity index (χ0n) is 19.1. The van der Waals surface area contributed by atoms with Crippen molar-refractivity contribution in [1.29, 1.82) is 0 Å². The van der Waals surface area contributed by atoms with E-state index in [0.29, 0.717) is 5.69 Å². The van der Waals surface area contributed by atoms with Crippen LogP contribution in [0.5, 0.6) is 0 Å². The van der Waals surface area contributed by atoms with Crippen molar-refractivity contribution in [2.24, 2.45) is 0 Å². The van der Waals surface area contributed by atoms with E-state index < -0.39 is 54.5 Å². The van der Waals surface area contributed by atoms with Gasteiger partial charge in [-0.2, -0.15) is 0 Å². The second-order valence-electron chi connectivity index (χ2n) is 9.24. The molecule has 10 nitrogen and oxygen atoms in total. The van der Waals surface area contributed by atoms with Crippen LogP contribution in [-0.2, 0) is 21.4 Å². The van der Waals surface area contributed by atoms with E-state index in [9.17, 15) is 23.4 Å². The molecule has 2 N–H and O–H groups in total. The summed E-state index contributed by atoms with van der Waals surface area (Å²) in [6.45, 7) is 1.61. The predicted molar refractivity (Wildman–Crippen MR) is 114 cm³/mol. The predicted octanol–water partition coefficient (Wildman–Crippen LogP) is 1.38. The quantitative estimate of drug-likeness (QED) is 0.473. The monoisotopic (exact) mass is 494 g/mol. The Balaban J connectivity index is 1.44. The molecule has 1 aliphatic carbocycles. The van der Waals surface area contributed by atoms with Crippen molar-refractivity contribution in [3.05, 3.63) is 47.7 Å². The minimum Gasteiger partial charge on any atom is -0.394 e. The van der Waals surface area contributed by atoms with Crippen molar-refractivity contribution in [2.45, 2.75) is 62.2 Å². The molecule has 1 saturated heterocycles. The molecule has 2 fully saturated rings. The van der Waals surface area contributed by atoms with Gasteiger partial charge in [0.15, 0.2) is 17.5 Å². The maximum atomic E-state index is 14.3. The zero-order valence-corrected chi connectivity index (χ0v) is 19.1. The molecule has 0 radical (unpaired) electrons. The molecule has 1 saturated carbocycles. The molecule has 0 spiro atoms. The van der Waals surface area contributed by atoms with Crippen molar-refractivity contribution in [2.75, 3.05) is 13.7 Å². The summed E-state index contributed by atoms with van der Waals surface area (Å²) >= 11 is 0. The first-order valence-electron chi connectivity index (χ1n) is 11.2. The van der Waals surface area contributed by atoms with Crippen LogP contribution in [0.15, 0.2) is 24.5 Å². The van der Waals surface area contributed by atoms with Gasteiger partial charge in [-0.15, -0.1) is 10.2 Å². The van der Waals surface area contributed by atoms with Gasteiger partial charge < -0.3 is 19.7 Å². The lowest BCUT2D eigenvalue weighted by Gasteiger charge is -2.43. The number of rotatable bonds is 7. The number of hydrogen-bond donors (Lipinski definition) is 2. The number of aromatic nitrogens is 6. The van der Waals surface area contributed by atoms with Crippen molar-refractivity contribution in [3.8, 4) is 11.3 Å². The molecular weight excluding hydrogens is 469 g/mol. The SMILES string of the molecule is CO[C@@H]1[C@@H](n2cc(-c3ccc(F)c(F)c3F)nn2)[C@@H](O)[C@@H](CO)O[C@@H]1Cc1cn(C2(C)CC2)nn1. The lowest BCUT2D eigenvalue weighted by Crippen LogP contribution is -2.57. The fourth-order valence-corrected chi connectivity index (χ4v) is 4.47. The minimum absolute atomic E-state index is 0.0298. The molecular formula is C22H25F3N6O4. The van der Waals surface area contributed by atoms with Crippen LogP contribution in [-0.4, -0.2) is 78.3 Å². The summed E-state index contributed by atoms with van der Waals surface area (Å²) in [6.07, 6.45) is 1.83. The molecule has 2 aliphatic rings. The van der Waals surface area contributed by atoms with Gasteiger partial charge in [0.25, 0.3) is 0 Å². The van der Waals surface area contributed by atoms with Crippen LogP contribution in [0.3, 0.4) is 0 Å². The van der Waals surface area contributed by atoms with E-state index in [1.807, 2.05) is 10.9 Å². The Morgan fingerprint density at radius 1 is 1.11 bits per heavy atom. The summed E-state index contributed by atoms with van der Waals surface area (Å²) in [5.41, 5.74) is 0.275. The highest BCUT2D eigenvalue weighted by Crippen LogP contribution is 2.42. The number of aliphatic hydroxyl groups excluding tert-OH is 2. The Bertz CT molecular complexity index is 1220. The van der Waals surface area contributed by atoms with Gasteiger partial charge >= 0.3 is 0 Å². The topological polar surface area (TPSA) is 120 Å². The van der Waals surface area contributed by atoms with E-state index in [2.05, 4.69) is 27.5 Å². The number of benzene rings is 1. The highest BCUT2D eigenvalue weighted by atomic mass is 19.2. The van der Waals surface area contributed by atoms with Gasteiger partial charge in [-0.05, 0) is 31.9 Å². The third kappa shape index (κ3) is 4.22. The number of ether oxygens (including phenoxy) is 2. The molecule has 0 unspecified atom stereocenters. The summed E-state index contributed by atoms with van der Waals surface area (Å²) in [7, 11) is 1.44. The highest BCUT2D eigenvalue weighted by Gasteiger charge is 2.47. The molecule has 2 aromatic heterocycles. The molecule has 188 valence electrons. The Morgan fingerprint density at radius 2 is 1.89 bits per heavy atom. The van der Waals surface area contributed by atoms with Crippen LogP contribution in [0.25, 0.3) is 11.3 Å². The lowest BCUT2D eigenvalue weighted by molar-refractivity contribution is -0.212. The second-order valence-corrected chi connectivity index (χ2v) is 9.24. The van der Waals surface area contributed by atoms with E-state index >= 15 is 0 Å². The van der Waals surface area contributed by atoms with Crippen LogP contribution in [0.1, 0.15) is 31.5 Å². The van der Waals surface area contributed by atoms with E-state index in [0.717, 1.165) is 25.0 Å². The molecule has 0 amide bonds. The molecule has 35 heavy (non-hydrogen) atoms. The van der Waals surface area contributed by atoms with Gasteiger partial charge in [-0.25, -0.2) is 22.5 Å². The van der Waals surface area contributed by atoms with Gasteiger partial charge in [0, 0.05) is 25.3 Å². The fraction of sp³-hybridized carbons (Fsp3) is 0.545. The third-order valence-electron chi connectivity index (χ3n) is 6.84. The first-order valence-corrected chi connectivity index (χ1v) is 11.2. The van der Waals surface area contributed by atoms with Crippen LogP contribution in [0.2, 0.25) is 0 Å². The number of hydrogen-bond acceptors (Lipinski definition) is 8. The first-order chi connectivity index (χ1) is 16.8. The van der Waals surface area contributed by atoms with Gasteiger partial charge in [0.05, 0.1) is 30.1 Å². The van der Waals surface area contributed by atoms with Crippen LogP contribution in [0, 0.1) is 17.5 Å². The Morgan fingerprint density at radius 3 is 2.57 bits per heavy atom. The molecule has 0 bridgehead atoms. The van der Waals surface area contributed by atoms with E-state index in [1.54, 1.807) is 0 Å². The van der Waals surface area contributed by atoms with Gasteiger partial charge in [0.1, 0.15) is 30.0 Å². The van der Waals surface area contributed by atoms with Crippen LogP contribution in [0.4, 0.5) is 13.2 Å². The summed E-state index contributed by atoms with van der Waals surface area (Å²) in [6, 6.07) is 0.960. The molecule has 13 heteroatoms. The summed E-state index contributed by atoms with van der Waals surface area (Å²) < 4.78 is 56.1. The van der Waals surface area contributed by atoms with Crippen molar-refractivity contribution < 1.29 is 32.9 Å². The van der Waals surface area contributed by atoms with E-state index in [-0.39, 0.29) is 23.2 Å². The summed E-state index contributed by atoms with van der Waals surface area (Å²) in [4.78, 5) is 0. The van der Waals surface area contributed by atoms with Crippen molar-refractivity contribution in [1.82, 2.24) is 30.0 Å². The third-order valence-corrected chi connectivity index (χ3v) is 6.84. The smallest absolute Gasteiger partial charge is 0.195 e. The molecule has 5 rings (SSSR count). The highest BCUT2D eigenvalue weighted by molar-refractivity contribution is 5.58. The summed E-state index contributed by atoms with van der Waals surface area (Å²) in [5.74, 6) is -4.34. The number of halogens is 3. The Hall–Kier alpha value is -2.87. The van der Waals surface area contributed by atoms with E-state index in [4.69, 9.17) is 9.47 Å². The maximum Gasteiger partial charge on any atom is 0.195 e. The minimum atomic E-state index is -1.62. The molecule has 3 aromatic rings. The largest absolute Gasteiger partial charge is 0.394 e. The Labute approximate surface area is 198 Å². The maximum absolute atomic E-state index is 14.3. The first kappa shape index (κ1) is 23.9.